The highest BCUT2D eigenvalue weighted by atomic mass is 16.5. The maximum atomic E-state index is 12.0. The van der Waals surface area contributed by atoms with E-state index in [0.29, 0.717) is 6.54 Å². The highest BCUT2D eigenvalue weighted by molar-refractivity contribution is 5.86. The molecule has 1 aliphatic heterocycles. The van der Waals surface area contributed by atoms with Crippen molar-refractivity contribution < 1.29 is 14.3 Å². The van der Waals surface area contributed by atoms with Crippen LogP contribution in [-0.2, 0) is 9.59 Å². The topological polar surface area (TPSA) is 84.7 Å². The van der Waals surface area contributed by atoms with E-state index in [-0.39, 0.29) is 18.5 Å². The van der Waals surface area contributed by atoms with E-state index in [2.05, 4.69) is 5.32 Å². The molecule has 1 aromatic carbocycles. The van der Waals surface area contributed by atoms with Gasteiger partial charge in [0.1, 0.15) is 11.8 Å². The van der Waals surface area contributed by atoms with E-state index >= 15 is 0 Å². The van der Waals surface area contributed by atoms with Crippen molar-refractivity contribution in [1.82, 2.24) is 10.2 Å². The van der Waals surface area contributed by atoms with Crippen LogP contribution in [0.5, 0.6) is 5.75 Å². The van der Waals surface area contributed by atoms with Gasteiger partial charge in [0.2, 0.25) is 11.8 Å². The zero-order chi connectivity index (χ0) is 14.7. The van der Waals surface area contributed by atoms with Crippen molar-refractivity contribution in [2.24, 2.45) is 5.73 Å². The van der Waals surface area contributed by atoms with E-state index in [1.807, 2.05) is 31.2 Å². The van der Waals surface area contributed by atoms with Gasteiger partial charge in [-0.1, -0.05) is 12.1 Å². The number of carbonyl (C=O) groups is 2. The molecule has 6 nitrogen and oxygen atoms in total. The molecule has 1 aliphatic rings. The molecule has 1 saturated heterocycles. The zero-order valence-corrected chi connectivity index (χ0v) is 11.6. The predicted octanol–water partition coefficient (Wildman–Crippen LogP) is 0.0419. The molecule has 1 aromatic rings. The Bertz CT molecular complexity index is 501. The highest BCUT2D eigenvalue weighted by Gasteiger charge is 2.31. The highest BCUT2D eigenvalue weighted by Crippen LogP contribution is 2.24. The molecule has 1 fully saturated rings. The van der Waals surface area contributed by atoms with Crippen LogP contribution in [0.3, 0.4) is 0 Å². The van der Waals surface area contributed by atoms with E-state index in [4.69, 9.17) is 10.5 Å². The first-order valence-corrected chi connectivity index (χ1v) is 6.49. The van der Waals surface area contributed by atoms with Crippen LogP contribution < -0.4 is 15.8 Å². The van der Waals surface area contributed by atoms with Crippen molar-refractivity contribution in [3.63, 3.8) is 0 Å². The van der Waals surface area contributed by atoms with Gasteiger partial charge in [-0.2, -0.15) is 0 Å². The maximum Gasteiger partial charge on any atom is 0.237 e. The summed E-state index contributed by atoms with van der Waals surface area (Å²) in [6.45, 7) is 2.36. The lowest BCUT2D eigenvalue weighted by molar-refractivity contribution is -0.137. The van der Waals surface area contributed by atoms with Gasteiger partial charge in [-0.15, -0.1) is 0 Å². The summed E-state index contributed by atoms with van der Waals surface area (Å²) in [4.78, 5) is 24.9. The van der Waals surface area contributed by atoms with Crippen LogP contribution in [0.1, 0.15) is 18.5 Å². The molecule has 0 aromatic heterocycles. The van der Waals surface area contributed by atoms with E-state index < -0.39 is 11.9 Å². The third kappa shape index (κ3) is 2.91. The van der Waals surface area contributed by atoms with E-state index in [1.54, 1.807) is 12.0 Å². The summed E-state index contributed by atoms with van der Waals surface area (Å²) in [5, 5.41) is 2.84. The number of benzene rings is 1. The van der Waals surface area contributed by atoms with Gasteiger partial charge in [0, 0.05) is 6.54 Å². The summed E-state index contributed by atoms with van der Waals surface area (Å²) in [6, 6.07) is 6.93. The molecule has 1 heterocycles. The number of carbonyl (C=O) groups excluding carboxylic acids is 2. The summed E-state index contributed by atoms with van der Waals surface area (Å²) >= 11 is 0. The molecule has 0 aliphatic carbocycles. The van der Waals surface area contributed by atoms with E-state index in [0.717, 1.165) is 11.3 Å². The van der Waals surface area contributed by atoms with Gasteiger partial charge in [-0.3, -0.25) is 14.9 Å². The van der Waals surface area contributed by atoms with Crippen LogP contribution in [0.15, 0.2) is 24.3 Å². The monoisotopic (exact) mass is 277 g/mol. The lowest BCUT2D eigenvalue weighted by Gasteiger charge is -2.36. The molecule has 2 rings (SSSR count). The summed E-state index contributed by atoms with van der Waals surface area (Å²) in [7, 11) is 1.61. The second-order valence-corrected chi connectivity index (χ2v) is 4.83. The fourth-order valence-electron chi connectivity index (χ4n) is 2.30. The normalized spacial score (nSPS) is 20.6. The van der Waals surface area contributed by atoms with Crippen molar-refractivity contribution in [1.29, 1.82) is 0 Å². The maximum absolute atomic E-state index is 12.0. The van der Waals surface area contributed by atoms with Gasteiger partial charge in [-0.05, 0) is 24.6 Å². The molecule has 0 spiro atoms. The molecular weight excluding hydrogens is 258 g/mol. The number of hydrogen-bond acceptors (Lipinski definition) is 4. The quantitative estimate of drug-likeness (QED) is 0.814. The number of rotatable bonds is 4. The van der Waals surface area contributed by atoms with Crippen LogP contribution in [0.25, 0.3) is 0 Å². The molecule has 20 heavy (non-hydrogen) atoms. The number of piperazine rings is 1. The minimum absolute atomic E-state index is 0.0363. The van der Waals surface area contributed by atoms with Gasteiger partial charge >= 0.3 is 0 Å². The Kier molecular flexibility index (Phi) is 4.24. The van der Waals surface area contributed by atoms with Crippen LogP contribution in [-0.4, -0.2) is 43.0 Å². The number of nitrogens with zero attached hydrogens (tertiary/aromatic N) is 1. The number of amides is 2. The number of ether oxygens (including phenoxy) is 1. The molecule has 0 bridgehead atoms. The SMILES string of the molecule is COc1ccc(C(C)N2CC(C(N)=O)NCC2=O)cc1. The van der Waals surface area contributed by atoms with Crippen molar-refractivity contribution in [2.45, 2.75) is 19.0 Å². The van der Waals surface area contributed by atoms with Crippen molar-refractivity contribution >= 4 is 11.8 Å². The minimum atomic E-state index is -0.492. The molecule has 108 valence electrons. The smallest absolute Gasteiger partial charge is 0.237 e. The largest absolute Gasteiger partial charge is 0.497 e. The summed E-state index contributed by atoms with van der Waals surface area (Å²) in [6.07, 6.45) is 0. The number of nitrogens with one attached hydrogen (secondary N) is 1. The lowest BCUT2D eigenvalue weighted by Crippen LogP contribution is -2.59. The molecule has 6 heteroatoms. The first kappa shape index (κ1) is 14.3. The Morgan fingerprint density at radius 3 is 2.65 bits per heavy atom. The van der Waals surface area contributed by atoms with Crippen molar-refractivity contribution in [3.8, 4) is 5.75 Å². The zero-order valence-electron chi connectivity index (χ0n) is 11.6. The summed E-state index contributed by atoms with van der Waals surface area (Å²) < 4.78 is 5.11. The molecule has 2 amide bonds. The molecule has 0 radical (unpaired) electrons. The molecular formula is C14H19N3O3. The average Bonchev–Trinajstić information content (AvgIpc) is 2.47. The first-order chi connectivity index (χ1) is 9.52. The van der Waals surface area contributed by atoms with Crippen molar-refractivity contribution in [2.75, 3.05) is 20.2 Å². The minimum Gasteiger partial charge on any atom is -0.497 e. The molecule has 3 N–H and O–H groups in total. The van der Waals surface area contributed by atoms with Crippen LogP contribution >= 0.6 is 0 Å². The first-order valence-electron chi connectivity index (χ1n) is 6.49. The fraction of sp³-hybridized carbons (Fsp3) is 0.429. The summed E-state index contributed by atoms with van der Waals surface area (Å²) in [5.41, 5.74) is 6.29. The van der Waals surface area contributed by atoms with Gasteiger partial charge in [0.25, 0.3) is 0 Å². The standard InChI is InChI=1S/C14H19N3O3/c1-9(10-3-5-11(20-2)6-4-10)17-8-12(14(15)19)16-7-13(17)18/h3-6,9,12,16H,7-8H2,1-2H3,(H2,15,19). The average molecular weight is 277 g/mol. The van der Waals surface area contributed by atoms with Gasteiger partial charge in [0.05, 0.1) is 19.7 Å². The second-order valence-electron chi connectivity index (χ2n) is 4.83. The van der Waals surface area contributed by atoms with Crippen LogP contribution in [0, 0.1) is 0 Å². The van der Waals surface area contributed by atoms with Gasteiger partial charge in [-0.25, -0.2) is 0 Å². The van der Waals surface area contributed by atoms with E-state index in [9.17, 15) is 9.59 Å². The van der Waals surface area contributed by atoms with Gasteiger partial charge in [0.15, 0.2) is 0 Å². The molecule has 2 atom stereocenters. The second kappa shape index (κ2) is 5.92. The third-order valence-corrected chi connectivity index (χ3v) is 3.61. The van der Waals surface area contributed by atoms with Gasteiger partial charge < -0.3 is 15.4 Å². The number of nitrogens with two attached hydrogens (primary N) is 1. The lowest BCUT2D eigenvalue weighted by atomic mass is 10.0. The Labute approximate surface area is 117 Å². The predicted molar refractivity (Wildman–Crippen MR) is 74.1 cm³/mol. The molecule has 2 unspecified atom stereocenters. The Morgan fingerprint density at radius 1 is 1.45 bits per heavy atom. The van der Waals surface area contributed by atoms with Crippen LogP contribution in [0.2, 0.25) is 0 Å². The van der Waals surface area contributed by atoms with Crippen LogP contribution in [0.4, 0.5) is 0 Å². The van der Waals surface area contributed by atoms with E-state index in [1.165, 1.54) is 0 Å². The Balaban J connectivity index is 2.14. The Morgan fingerprint density at radius 2 is 2.10 bits per heavy atom. The fourth-order valence-corrected chi connectivity index (χ4v) is 2.30. The summed E-state index contributed by atoms with van der Waals surface area (Å²) in [5.74, 6) is 0.290. The Hall–Kier alpha value is -2.08. The molecule has 0 saturated carbocycles. The number of hydrogen-bond donors (Lipinski definition) is 2. The van der Waals surface area contributed by atoms with Crippen molar-refractivity contribution in [3.05, 3.63) is 29.8 Å². The number of methoxy groups -OCH3 is 1. The number of primary amides is 1. The third-order valence-electron chi connectivity index (χ3n) is 3.61.